The van der Waals surface area contributed by atoms with Crippen LogP contribution in [-0.4, -0.2) is 42.1 Å². The third-order valence-electron chi connectivity index (χ3n) is 4.59. The van der Waals surface area contributed by atoms with Gasteiger partial charge in [0.2, 0.25) is 5.91 Å². The Bertz CT molecular complexity index is 430. The van der Waals surface area contributed by atoms with Gasteiger partial charge in [0.05, 0.1) is 11.5 Å². The molecule has 1 aliphatic carbocycles. The van der Waals surface area contributed by atoms with Crippen molar-refractivity contribution in [3.8, 4) is 0 Å². The average molecular weight is 297 g/mol. The minimum atomic E-state index is -0.854. The molecular formula is C14H23N3O4. The van der Waals surface area contributed by atoms with E-state index in [2.05, 4.69) is 22.9 Å². The van der Waals surface area contributed by atoms with Gasteiger partial charge in [0, 0.05) is 19.5 Å². The first-order valence-electron chi connectivity index (χ1n) is 7.46. The Morgan fingerprint density at radius 2 is 2.05 bits per heavy atom. The van der Waals surface area contributed by atoms with Gasteiger partial charge in [0.1, 0.15) is 0 Å². The van der Waals surface area contributed by atoms with Gasteiger partial charge >= 0.3 is 12.0 Å². The molecule has 7 nitrogen and oxygen atoms in total. The number of nitrogens with one attached hydrogen (secondary N) is 3. The zero-order valence-corrected chi connectivity index (χ0v) is 12.3. The van der Waals surface area contributed by atoms with E-state index in [4.69, 9.17) is 0 Å². The maximum Gasteiger partial charge on any atom is 0.315 e. The summed E-state index contributed by atoms with van der Waals surface area (Å²) in [6.45, 7) is 2.68. The Kier molecular flexibility index (Phi) is 4.69. The highest BCUT2D eigenvalue weighted by Crippen LogP contribution is 2.38. The smallest absolute Gasteiger partial charge is 0.315 e. The molecule has 1 saturated carbocycles. The van der Waals surface area contributed by atoms with Crippen molar-refractivity contribution in [2.45, 2.75) is 45.1 Å². The molecule has 3 amide bonds. The summed E-state index contributed by atoms with van der Waals surface area (Å²) in [6.07, 6.45) is 3.20. The van der Waals surface area contributed by atoms with Crippen LogP contribution in [-0.2, 0) is 9.59 Å². The van der Waals surface area contributed by atoms with Crippen LogP contribution in [0.1, 0.15) is 39.0 Å². The van der Waals surface area contributed by atoms with E-state index >= 15 is 0 Å². The predicted octanol–water partition coefficient (Wildman–Crippen LogP) is 0.455. The highest BCUT2D eigenvalue weighted by Gasteiger charge is 2.41. The molecule has 2 aliphatic rings. The van der Waals surface area contributed by atoms with Crippen LogP contribution in [0.15, 0.2) is 0 Å². The number of hydrogen-bond acceptors (Lipinski definition) is 3. The van der Waals surface area contributed by atoms with Gasteiger partial charge in [-0.25, -0.2) is 4.79 Å². The maximum absolute atomic E-state index is 11.8. The lowest BCUT2D eigenvalue weighted by Gasteiger charge is -2.35. The van der Waals surface area contributed by atoms with Crippen molar-refractivity contribution in [1.82, 2.24) is 16.0 Å². The van der Waals surface area contributed by atoms with Crippen LogP contribution in [0.4, 0.5) is 4.79 Å². The Hall–Kier alpha value is -1.79. The van der Waals surface area contributed by atoms with E-state index in [0.29, 0.717) is 25.3 Å². The second-order valence-corrected chi connectivity index (χ2v) is 6.30. The summed E-state index contributed by atoms with van der Waals surface area (Å²) in [5.74, 6) is -0.377. The molecule has 1 saturated heterocycles. The van der Waals surface area contributed by atoms with Gasteiger partial charge in [-0.15, -0.1) is 0 Å². The number of carbonyl (C=O) groups is 3. The van der Waals surface area contributed by atoms with Crippen LogP contribution in [0.5, 0.6) is 0 Å². The zero-order chi connectivity index (χ0) is 15.5. The molecule has 0 bridgehead atoms. The zero-order valence-electron chi connectivity index (χ0n) is 12.3. The minimum Gasteiger partial charge on any atom is -0.481 e. The molecule has 1 atom stereocenters. The summed E-state index contributed by atoms with van der Waals surface area (Å²) in [6, 6.07) is -0.625. The van der Waals surface area contributed by atoms with Gasteiger partial charge in [0.15, 0.2) is 0 Å². The molecule has 2 rings (SSSR count). The number of carboxylic acid groups (broad SMARTS) is 1. The molecule has 0 aromatic carbocycles. The van der Waals surface area contributed by atoms with E-state index in [0.717, 1.165) is 12.8 Å². The molecule has 1 heterocycles. The van der Waals surface area contributed by atoms with E-state index in [1.54, 1.807) is 0 Å². The van der Waals surface area contributed by atoms with Gasteiger partial charge in [-0.1, -0.05) is 6.92 Å². The number of carboxylic acids is 1. The van der Waals surface area contributed by atoms with Crippen LogP contribution < -0.4 is 16.0 Å². The fraction of sp³-hybridized carbons (Fsp3) is 0.786. The van der Waals surface area contributed by atoms with Gasteiger partial charge in [-0.05, 0) is 31.6 Å². The van der Waals surface area contributed by atoms with Gasteiger partial charge in [-0.2, -0.15) is 0 Å². The SMILES string of the molecule is CC1CCC(CNC(=O)NC2CNC(=O)C2)(C(=O)O)CC1. The van der Waals surface area contributed by atoms with Gasteiger partial charge in [0.25, 0.3) is 0 Å². The Balaban J connectivity index is 1.83. The first kappa shape index (κ1) is 15.6. The molecule has 1 unspecified atom stereocenters. The van der Waals surface area contributed by atoms with E-state index in [9.17, 15) is 19.5 Å². The molecule has 118 valence electrons. The van der Waals surface area contributed by atoms with E-state index in [-0.39, 0.29) is 24.9 Å². The fourth-order valence-corrected chi connectivity index (χ4v) is 2.97. The highest BCUT2D eigenvalue weighted by atomic mass is 16.4. The summed E-state index contributed by atoms with van der Waals surface area (Å²) in [4.78, 5) is 34.4. The summed E-state index contributed by atoms with van der Waals surface area (Å²) in [7, 11) is 0. The monoisotopic (exact) mass is 297 g/mol. The third-order valence-corrected chi connectivity index (χ3v) is 4.59. The van der Waals surface area contributed by atoms with Crippen LogP contribution in [0, 0.1) is 11.3 Å². The second kappa shape index (κ2) is 6.32. The molecule has 0 radical (unpaired) electrons. The van der Waals surface area contributed by atoms with Crippen LogP contribution >= 0.6 is 0 Å². The lowest BCUT2D eigenvalue weighted by Crippen LogP contribution is -2.50. The number of aliphatic carboxylic acids is 1. The van der Waals surface area contributed by atoms with Crippen molar-refractivity contribution in [2.75, 3.05) is 13.1 Å². The molecule has 0 aromatic heterocycles. The second-order valence-electron chi connectivity index (χ2n) is 6.30. The summed E-state index contributed by atoms with van der Waals surface area (Å²) in [5.41, 5.74) is -0.854. The summed E-state index contributed by atoms with van der Waals surface area (Å²) >= 11 is 0. The molecular weight excluding hydrogens is 274 g/mol. The van der Waals surface area contributed by atoms with Crippen molar-refractivity contribution >= 4 is 17.9 Å². The topological polar surface area (TPSA) is 108 Å². The normalized spacial score (nSPS) is 32.3. The first-order chi connectivity index (χ1) is 9.91. The molecule has 4 N–H and O–H groups in total. The number of hydrogen-bond donors (Lipinski definition) is 4. The van der Waals surface area contributed by atoms with Crippen molar-refractivity contribution in [2.24, 2.45) is 11.3 Å². The molecule has 1 aliphatic heterocycles. The van der Waals surface area contributed by atoms with Gasteiger partial charge < -0.3 is 21.1 Å². The summed E-state index contributed by atoms with van der Waals surface area (Å²) in [5, 5.41) is 17.5. The van der Waals surface area contributed by atoms with E-state index < -0.39 is 17.4 Å². The quantitative estimate of drug-likeness (QED) is 0.604. The van der Waals surface area contributed by atoms with Crippen molar-refractivity contribution in [3.63, 3.8) is 0 Å². The number of urea groups is 1. The minimum absolute atomic E-state index is 0.0800. The Morgan fingerprint density at radius 3 is 2.57 bits per heavy atom. The Labute approximate surface area is 123 Å². The number of carbonyl (C=O) groups excluding carboxylic acids is 2. The van der Waals surface area contributed by atoms with E-state index in [1.807, 2.05) is 0 Å². The largest absolute Gasteiger partial charge is 0.481 e. The molecule has 0 spiro atoms. The summed E-state index contributed by atoms with van der Waals surface area (Å²) < 4.78 is 0. The maximum atomic E-state index is 11.8. The lowest BCUT2D eigenvalue weighted by atomic mass is 9.71. The fourth-order valence-electron chi connectivity index (χ4n) is 2.97. The van der Waals surface area contributed by atoms with Crippen molar-refractivity contribution in [1.29, 1.82) is 0 Å². The molecule has 0 aromatic rings. The molecule has 21 heavy (non-hydrogen) atoms. The number of rotatable bonds is 4. The van der Waals surface area contributed by atoms with Crippen LogP contribution in [0.2, 0.25) is 0 Å². The standard InChI is InChI=1S/C14H23N3O4/c1-9-2-4-14(5-3-9,12(19)20)8-16-13(21)17-10-6-11(18)15-7-10/h9-10H,2-8H2,1H3,(H,15,18)(H,19,20)(H2,16,17,21). The van der Waals surface area contributed by atoms with Crippen molar-refractivity contribution in [3.05, 3.63) is 0 Å². The Morgan fingerprint density at radius 1 is 1.38 bits per heavy atom. The lowest BCUT2D eigenvalue weighted by molar-refractivity contribution is -0.151. The average Bonchev–Trinajstić information content (AvgIpc) is 2.83. The molecule has 7 heteroatoms. The highest BCUT2D eigenvalue weighted by molar-refractivity contribution is 5.82. The number of amides is 3. The van der Waals surface area contributed by atoms with Gasteiger partial charge in [-0.3, -0.25) is 9.59 Å². The predicted molar refractivity (Wildman–Crippen MR) is 75.6 cm³/mol. The first-order valence-corrected chi connectivity index (χ1v) is 7.46. The third kappa shape index (κ3) is 3.86. The van der Waals surface area contributed by atoms with Crippen molar-refractivity contribution < 1.29 is 19.5 Å². The van der Waals surface area contributed by atoms with Crippen LogP contribution in [0.3, 0.4) is 0 Å². The molecule has 2 fully saturated rings. The van der Waals surface area contributed by atoms with Crippen LogP contribution in [0.25, 0.3) is 0 Å². The van der Waals surface area contributed by atoms with E-state index in [1.165, 1.54) is 0 Å².